The fourth-order valence-electron chi connectivity index (χ4n) is 1.83. The summed E-state index contributed by atoms with van der Waals surface area (Å²) in [5, 5.41) is 3.22. The van der Waals surface area contributed by atoms with Crippen LogP contribution in [0.25, 0.3) is 0 Å². The molecule has 1 atom stereocenters. The minimum Gasteiger partial charge on any atom is -0.381 e. The second kappa shape index (κ2) is 6.06. The number of ketones is 1. The average Bonchev–Trinajstić information content (AvgIpc) is 2.99. The van der Waals surface area contributed by atoms with Gasteiger partial charge < -0.3 is 10.1 Å². The minimum absolute atomic E-state index is 0.109. The summed E-state index contributed by atoms with van der Waals surface area (Å²) in [6, 6.07) is 0. The maximum Gasteiger partial charge on any atom is 0.263 e. The van der Waals surface area contributed by atoms with E-state index in [1.54, 1.807) is 0 Å². The molecule has 0 aliphatic carbocycles. The SMILES string of the molecule is CC(=O)c1ncc(C(=O)NCCC2CCOC2)s1. The van der Waals surface area contributed by atoms with Gasteiger partial charge >= 0.3 is 0 Å². The van der Waals surface area contributed by atoms with E-state index in [2.05, 4.69) is 10.3 Å². The van der Waals surface area contributed by atoms with Crippen molar-refractivity contribution in [3.63, 3.8) is 0 Å². The molecular weight excluding hydrogens is 252 g/mol. The number of amides is 1. The number of rotatable bonds is 5. The van der Waals surface area contributed by atoms with E-state index in [-0.39, 0.29) is 11.7 Å². The predicted molar refractivity (Wildman–Crippen MR) is 68.0 cm³/mol. The van der Waals surface area contributed by atoms with Crippen molar-refractivity contribution in [2.45, 2.75) is 19.8 Å². The van der Waals surface area contributed by atoms with Gasteiger partial charge in [-0.1, -0.05) is 0 Å². The van der Waals surface area contributed by atoms with E-state index in [0.29, 0.717) is 22.3 Å². The molecule has 1 fully saturated rings. The molecule has 1 saturated heterocycles. The van der Waals surface area contributed by atoms with Crippen LogP contribution < -0.4 is 5.32 Å². The summed E-state index contributed by atoms with van der Waals surface area (Å²) in [4.78, 5) is 27.2. The second-order valence-electron chi connectivity index (χ2n) is 4.36. The number of thiazole rings is 1. The number of ether oxygens (including phenoxy) is 1. The van der Waals surface area contributed by atoms with Crippen LogP contribution in [0, 0.1) is 5.92 Å². The zero-order valence-corrected chi connectivity index (χ0v) is 11.1. The highest BCUT2D eigenvalue weighted by atomic mass is 32.1. The zero-order valence-electron chi connectivity index (χ0n) is 10.3. The molecule has 1 N–H and O–H groups in total. The molecule has 6 heteroatoms. The van der Waals surface area contributed by atoms with Gasteiger partial charge in [0.15, 0.2) is 10.8 Å². The van der Waals surface area contributed by atoms with Gasteiger partial charge in [0.25, 0.3) is 5.91 Å². The molecule has 18 heavy (non-hydrogen) atoms. The Morgan fingerprint density at radius 3 is 3.06 bits per heavy atom. The van der Waals surface area contributed by atoms with Gasteiger partial charge in [0, 0.05) is 26.7 Å². The van der Waals surface area contributed by atoms with Crippen molar-refractivity contribution >= 4 is 23.0 Å². The van der Waals surface area contributed by atoms with Crippen LogP contribution in [0.2, 0.25) is 0 Å². The van der Waals surface area contributed by atoms with Gasteiger partial charge in [-0.05, 0) is 18.8 Å². The predicted octanol–water partition coefficient (Wildman–Crippen LogP) is 1.50. The molecule has 0 spiro atoms. The normalized spacial score (nSPS) is 18.8. The Kier molecular flexibility index (Phi) is 4.43. The molecule has 0 bridgehead atoms. The second-order valence-corrected chi connectivity index (χ2v) is 5.39. The molecule has 1 aliphatic rings. The average molecular weight is 268 g/mol. The number of carbonyl (C=O) groups is 2. The van der Waals surface area contributed by atoms with E-state index in [9.17, 15) is 9.59 Å². The zero-order chi connectivity index (χ0) is 13.0. The number of aromatic nitrogens is 1. The molecule has 1 aliphatic heterocycles. The Bertz CT molecular complexity index is 438. The molecule has 1 amide bonds. The van der Waals surface area contributed by atoms with Gasteiger partial charge in [0.2, 0.25) is 0 Å². The highest BCUT2D eigenvalue weighted by molar-refractivity contribution is 7.15. The Balaban J connectivity index is 1.77. The number of hydrogen-bond donors (Lipinski definition) is 1. The first-order valence-electron chi connectivity index (χ1n) is 5.99. The summed E-state index contributed by atoms with van der Waals surface area (Å²) < 4.78 is 5.27. The van der Waals surface area contributed by atoms with E-state index in [1.165, 1.54) is 13.1 Å². The topological polar surface area (TPSA) is 68.3 Å². The Morgan fingerprint density at radius 2 is 2.44 bits per heavy atom. The van der Waals surface area contributed by atoms with Crippen molar-refractivity contribution in [3.8, 4) is 0 Å². The molecule has 98 valence electrons. The fraction of sp³-hybridized carbons (Fsp3) is 0.583. The quantitative estimate of drug-likeness (QED) is 0.822. The van der Waals surface area contributed by atoms with Gasteiger partial charge in [-0.3, -0.25) is 9.59 Å². The molecule has 1 aromatic heterocycles. The third kappa shape index (κ3) is 3.36. The van der Waals surface area contributed by atoms with Gasteiger partial charge in [0.05, 0.1) is 6.20 Å². The van der Waals surface area contributed by atoms with E-state index in [4.69, 9.17) is 4.74 Å². The molecular formula is C12H16N2O3S. The van der Waals surface area contributed by atoms with Crippen LogP contribution in [-0.4, -0.2) is 36.4 Å². The first-order valence-corrected chi connectivity index (χ1v) is 6.81. The third-order valence-electron chi connectivity index (χ3n) is 2.89. The van der Waals surface area contributed by atoms with Gasteiger partial charge in [-0.2, -0.15) is 0 Å². The van der Waals surface area contributed by atoms with E-state index >= 15 is 0 Å². The Labute approximate surface area is 110 Å². The maximum absolute atomic E-state index is 11.8. The summed E-state index contributed by atoms with van der Waals surface area (Å²) in [5.41, 5.74) is 0. The number of Topliss-reactive ketones (excluding diaryl/α,β-unsaturated/α-hetero) is 1. The molecule has 0 saturated carbocycles. The monoisotopic (exact) mass is 268 g/mol. The van der Waals surface area contributed by atoms with Gasteiger partial charge in [-0.25, -0.2) is 4.98 Å². The molecule has 0 radical (unpaired) electrons. The van der Waals surface area contributed by atoms with Gasteiger partial charge in [-0.15, -0.1) is 11.3 Å². The van der Waals surface area contributed by atoms with Gasteiger partial charge in [0.1, 0.15) is 4.88 Å². The molecule has 2 rings (SSSR count). The van der Waals surface area contributed by atoms with Crippen molar-refractivity contribution in [2.24, 2.45) is 5.92 Å². The minimum atomic E-state index is -0.154. The van der Waals surface area contributed by atoms with Crippen LogP contribution in [0.5, 0.6) is 0 Å². The van der Waals surface area contributed by atoms with Crippen molar-refractivity contribution in [2.75, 3.05) is 19.8 Å². The van der Waals surface area contributed by atoms with Crippen molar-refractivity contribution in [1.29, 1.82) is 0 Å². The highest BCUT2D eigenvalue weighted by Gasteiger charge is 2.16. The lowest BCUT2D eigenvalue weighted by Crippen LogP contribution is -2.25. The first-order chi connectivity index (χ1) is 8.66. The summed E-state index contributed by atoms with van der Waals surface area (Å²) >= 11 is 1.13. The number of nitrogens with zero attached hydrogens (tertiary/aromatic N) is 1. The summed E-state index contributed by atoms with van der Waals surface area (Å²) in [6.45, 7) is 3.71. The molecule has 2 heterocycles. The molecule has 0 aromatic carbocycles. The van der Waals surface area contributed by atoms with Crippen LogP contribution >= 0.6 is 11.3 Å². The highest BCUT2D eigenvalue weighted by Crippen LogP contribution is 2.16. The fourth-order valence-corrected chi connectivity index (χ4v) is 2.56. The smallest absolute Gasteiger partial charge is 0.263 e. The molecule has 1 aromatic rings. The van der Waals surface area contributed by atoms with Crippen molar-refractivity contribution in [1.82, 2.24) is 10.3 Å². The Morgan fingerprint density at radius 1 is 1.61 bits per heavy atom. The molecule has 5 nitrogen and oxygen atoms in total. The maximum atomic E-state index is 11.8. The summed E-state index contributed by atoms with van der Waals surface area (Å²) in [6.07, 6.45) is 3.46. The Hall–Kier alpha value is -1.27. The molecule has 1 unspecified atom stereocenters. The van der Waals surface area contributed by atoms with Crippen molar-refractivity contribution in [3.05, 3.63) is 16.1 Å². The standard InChI is InChI=1S/C12H16N2O3S/c1-8(15)12-14-6-10(18-12)11(16)13-4-2-9-3-5-17-7-9/h6,9H,2-5,7H2,1H3,(H,13,16). The van der Waals surface area contributed by atoms with Crippen LogP contribution in [0.15, 0.2) is 6.20 Å². The first kappa shape index (κ1) is 13.2. The lowest BCUT2D eigenvalue weighted by atomic mass is 10.1. The number of nitrogens with one attached hydrogen (secondary N) is 1. The number of hydrogen-bond acceptors (Lipinski definition) is 5. The lowest BCUT2D eigenvalue weighted by Gasteiger charge is -2.07. The summed E-state index contributed by atoms with van der Waals surface area (Å²) in [7, 11) is 0. The summed E-state index contributed by atoms with van der Waals surface area (Å²) in [5.74, 6) is 0.292. The van der Waals surface area contributed by atoms with Crippen molar-refractivity contribution < 1.29 is 14.3 Å². The largest absolute Gasteiger partial charge is 0.381 e. The lowest BCUT2D eigenvalue weighted by molar-refractivity contribution is 0.0953. The van der Waals surface area contributed by atoms with Crippen LogP contribution in [0.4, 0.5) is 0 Å². The van der Waals surface area contributed by atoms with Crippen LogP contribution in [-0.2, 0) is 4.74 Å². The van der Waals surface area contributed by atoms with E-state index < -0.39 is 0 Å². The van der Waals surface area contributed by atoms with E-state index in [1.807, 2.05) is 0 Å². The third-order valence-corrected chi connectivity index (χ3v) is 3.99. The number of carbonyl (C=O) groups excluding carboxylic acids is 2. The van der Waals surface area contributed by atoms with E-state index in [0.717, 1.165) is 37.4 Å². The van der Waals surface area contributed by atoms with Crippen LogP contribution in [0.3, 0.4) is 0 Å². The van der Waals surface area contributed by atoms with Crippen LogP contribution in [0.1, 0.15) is 39.2 Å².